The topological polar surface area (TPSA) is 142 Å². The summed E-state index contributed by atoms with van der Waals surface area (Å²) in [6.07, 6.45) is -5.13. The molecule has 172 valence electrons. The van der Waals surface area contributed by atoms with Gasteiger partial charge in [-0.15, -0.1) is 0 Å². The maximum atomic E-state index is 13.1. The van der Waals surface area contributed by atoms with Crippen molar-refractivity contribution in [3.8, 4) is 0 Å². The standard InChI is InChI=1S/C15H14Cl2F3N3O8/c1-8(24)30-4-3-21(7-14(16,17)31-9(2)25)13-11(22(26)27)5-10(15(18,19)20)6-12(13)23(28)29/h5-6H,3-4,7H2,1-2H3. The molecule has 0 saturated heterocycles. The number of esters is 2. The Labute approximate surface area is 181 Å². The van der Waals surface area contributed by atoms with Crippen LogP contribution < -0.4 is 4.90 Å². The number of nitro groups is 2. The van der Waals surface area contributed by atoms with Crippen molar-refractivity contribution in [2.24, 2.45) is 0 Å². The Balaban J connectivity index is 3.69. The summed E-state index contributed by atoms with van der Waals surface area (Å²) in [5, 5.41) is 22.9. The molecule has 1 aromatic carbocycles. The molecule has 0 N–H and O–H groups in total. The molecule has 0 aliphatic carbocycles. The number of hydrogen-bond donors (Lipinski definition) is 0. The van der Waals surface area contributed by atoms with Crippen LogP contribution in [0, 0.1) is 20.2 Å². The molecule has 1 rings (SSSR count). The van der Waals surface area contributed by atoms with E-state index in [9.17, 15) is 43.0 Å². The normalized spacial score (nSPS) is 11.6. The number of hydrogen-bond acceptors (Lipinski definition) is 9. The van der Waals surface area contributed by atoms with E-state index < -0.39 is 74.8 Å². The van der Waals surface area contributed by atoms with Crippen LogP contribution in [0.1, 0.15) is 19.4 Å². The van der Waals surface area contributed by atoms with E-state index in [0.717, 1.165) is 13.8 Å². The van der Waals surface area contributed by atoms with Gasteiger partial charge in [0.25, 0.3) is 15.9 Å². The molecule has 16 heteroatoms. The molecule has 0 amide bonds. The number of halogens is 5. The highest BCUT2D eigenvalue weighted by Gasteiger charge is 2.41. The summed E-state index contributed by atoms with van der Waals surface area (Å²) in [7, 11) is 0. The fraction of sp³-hybridized carbons (Fsp3) is 0.467. The second kappa shape index (κ2) is 9.96. The van der Waals surface area contributed by atoms with Crippen LogP contribution in [0.4, 0.5) is 30.2 Å². The lowest BCUT2D eigenvalue weighted by Gasteiger charge is -2.30. The van der Waals surface area contributed by atoms with E-state index in [0.29, 0.717) is 4.90 Å². The first-order valence-corrected chi connectivity index (χ1v) is 8.80. The number of carbonyl (C=O) groups is 2. The average molecular weight is 492 g/mol. The van der Waals surface area contributed by atoms with Crippen molar-refractivity contribution >= 4 is 52.2 Å². The molecule has 0 saturated carbocycles. The first-order chi connectivity index (χ1) is 14.0. The van der Waals surface area contributed by atoms with Gasteiger partial charge in [0.05, 0.1) is 28.5 Å². The molecular formula is C15H14Cl2F3N3O8. The van der Waals surface area contributed by atoms with Crippen molar-refractivity contribution in [3.05, 3.63) is 37.9 Å². The van der Waals surface area contributed by atoms with Gasteiger partial charge < -0.3 is 14.4 Å². The van der Waals surface area contributed by atoms with E-state index in [1.165, 1.54) is 0 Å². The highest BCUT2D eigenvalue weighted by molar-refractivity contribution is 6.48. The Kier molecular flexibility index (Phi) is 8.41. The molecule has 0 unspecified atom stereocenters. The van der Waals surface area contributed by atoms with Gasteiger partial charge in [-0.1, -0.05) is 23.2 Å². The maximum Gasteiger partial charge on any atom is 0.416 e. The number of benzene rings is 1. The Morgan fingerprint density at radius 1 is 1.06 bits per heavy atom. The van der Waals surface area contributed by atoms with Crippen molar-refractivity contribution in [2.75, 3.05) is 24.6 Å². The third kappa shape index (κ3) is 7.71. The molecule has 0 spiro atoms. The Morgan fingerprint density at radius 2 is 1.55 bits per heavy atom. The quantitative estimate of drug-likeness (QED) is 0.219. The zero-order valence-corrected chi connectivity index (χ0v) is 17.3. The van der Waals surface area contributed by atoms with Gasteiger partial charge in [-0.2, -0.15) is 13.2 Å². The number of nitrogens with zero attached hydrogens (tertiary/aromatic N) is 3. The number of rotatable bonds is 9. The molecule has 0 atom stereocenters. The fourth-order valence-electron chi connectivity index (χ4n) is 2.40. The third-order valence-corrected chi connectivity index (χ3v) is 3.83. The van der Waals surface area contributed by atoms with Gasteiger partial charge in [0, 0.05) is 26.0 Å². The Bertz CT molecular complexity index is 860. The summed E-state index contributed by atoms with van der Waals surface area (Å²) in [5.41, 5.74) is -5.14. The highest BCUT2D eigenvalue weighted by Crippen LogP contribution is 2.44. The van der Waals surface area contributed by atoms with Crippen LogP contribution in [0.3, 0.4) is 0 Å². The zero-order valence-electron chi connectivity index (χ0n) is 15.8. The largest absolute Gasteiger partial charge is 0.464 e. The predicted octanol–water partition coefficient (Wildman–Crippen LogP) is 3.59. The first-order valence-electron chi connectivity index (χ1n) is 8.05. The minimum absolute atomic E-state index is 0.0944. The summed E-state index contributed by atoms with van der Waals surface area (Å²) in [4.78, 5) is 43.2. The minimum atomic E-state index is -5.13. The number of carbonyl (C=O) groups excluding carboxylic acids is 2. The van der Waals surface area contributed by atoms with Crippen molar-refractivity contribution in [2.45, 2.75) is 24.5 Å². The smallest absolute Gasteiger partial charge is 0.416 e. The van der Waals surface area contributed by atoms with Crippen molar-refractivity contribution < 1.29 is 42.1 Å². The molecule has 0 aliphatic rings. The van der Waals surface area contributed by atoms with Crippen LogP contribution in [-0.2, 0) is 25.2 Å². The lowest BCUT2D eigenvalue weighted by Crippen LogP contribution is -2.41. The molecule has 0 radical (unpaired) electrons. The predicted molar refractivity (Wildman–Crippen MR) is 99.8 cm³/mol. The van der Waals surface area contributed by atoms with Crippen LogP contribution in [0.15, 0.2) is 12.1 Å². The first kappa shape index (κ1) is 26.2. The van der Waals surface area contributed by atoms with Crippen LogP contribution in [0.5, 0.6) is 0 Å². The second-order valence-corrected chi connectivity index (χ2v) is 7.28. The molecule has 0 bridgehead atoms. The highest BCUT2D eigenvalue weighted by atomic mass is 35.5. The molecule has 11 nitrogen and oxygen atoms in total. The third-order valence-electron chi connectivity index (χ3n) is 3.44. The number of ether oxygens (including phenoxy) is 2. The summed E-state index contributed by atoms with van der Waals surface area (Å²) in [5.74, 6) is -1.76. The Morgan fingerprint density at radius 3 is 1.90 bits per heavy atom. The molecule has 0 heterocycles. The summed E-state index contributed by atoms with van der Waals surface area (Å²) in [6, 6.07) is 0.189. The van der Waals surface area contributed by atoms with Crippen LogP contribution in [0.2, 0.25) is 0 Å². The van der Waals surface area contributed by atoms with Gasteiger partial charge in [-0.05, 0) is 0 Å². The average Bonchev–Trinajstić information content (AvgIpc) is 2.57. The molecule has 0 fully saturated rings. The number of alkyl halides is 5. The number of nitro benzene ring substituents is 2. The van der Waals surface area contributed by atoms with Gasteiger partial charge in [-0.3, -0.25) is 29.8 Å². The van der Waals surface area contributed by atoms with Crippen LogP contribution in [0.25, 0.3) is 0 Å². The number of anilines is 1. The van der Waals surface area contributed by atoms with Gasteiger partial charge in [-0.25, -0.2) is 0 Å². The van der Waals surface area contributed by atoms with E-state index >= 15 is 0 Å². The SMILES string of the molecule is CC(=O)OCCN(CC(Cl)(Cl)OC(C)=O)c1c([N+](=O)[O-])cc(C(F)(F)F)cc1[N+](=O)[O-]. The molecule has 0 aromatic heterocycles. The molecule has 1 aromatic rings. The fourth-order valence-corrected chi connectivity index (χ4v) is 2.91. The van der Waals surface area contributed by atoms with Crippen molar-refractivity contribution in [1.82, 2.24) is 0 Å². The van der Waals surface area contributed by atoms with E-state index in [2.05, 4.69) is 9.47 Å². The zero-order chi connectivity index (χ0) is 24.1. The van der Waals surface area contributed by atoms with Crippen molar-refractivity contribution in [3.63, 3.8) is 0 Å². The van der Waals surface area contributed by atoms with E-state index in [1.54, 1.807) is 0 Å². The molecular weight excluding hydrogens is 478 g/mol. The lowest BCUT2D eigenvalue weighted by atomic mass is 10.1. The summed E-state index contributed by atoms with van der Waals surface area (Å²) in [6.45, 7) is 0.0546. The molecule has 0 aliphatic heterocycles. The van der Waals surface area contributed by atoms with Gasteiger partial charge >= 0.3 is 18.1 Å². The Hall–Kier alpha value is -2.87. The second-order valence-electron chi connectivity index (χ2n) is 5.87. The summed E-state index contributed by atoms with van der Waals surface area (Å²) < 4.78 is 46.2. The summed E-state index contributed by atoms with van der Waals surface area (Å²) >= 11 is 11.7. The lowest BCUT2D eigenvalue weighted by molar-refractivity contribution is -0.393. The van der Waals surface area contributed by atoms with E-state index in [1.807, 2.05) is 0 Å². The van der Waals surface area contributed by atoms with Crippen molar-refractivity contribution in [1.29, 1.82) is 0 Å². The molecule has 31 heavy (non-hydrogen) atoms. The maximum absolute atomic E-state index is 13.1. The van der Waals surface area contributed by atoms with E-state index in [-0.39, 0.29) is 12.1 Å². The van der Waals surface area contributed by atoms with Crippen LogP contribution in [-0.4, -0.2) is 46.0 Å². The van der Waals surface area contributed by atoms with Gasteiger partial charge in [0.1, 0.15) is 6.61 Å². The van der Waals surface area contributed by atoms with Gasteiger partial charge in [0.2, 0.25) is 0 Å². The van der Waals surface area contributed by atoms with Gasteiger partial charge in [0.15, 0.2) is 5.69 Å². The van der Waals surface area contributed by atoms with Crippen LogP contribution >= 0.6 is 23.2 Å². The van der Waals surface area contributed by atoms with E-state index in [4.69, 9.17) is 23.2 Å². The monoisotopic (exact) mass is 491 g/mol. The minimum Gasteiger partial charge on any atom is -0.464 e.